The molecule has 0 spiro atoms. The zero-order valence-corrected chi connectivity index (χ0v) is 13.6. The van der Waals surface area contributed by atoms with Gasteiger partial charge in [0, 0.05) is 39.3 Å². The first-order valence-electron chi connectivity index (χ1n) is 8.89. The Morgan fingerprint density at radius 2 is 2.04 bits per heavy atom. The van der Waals surface area contributed by atoms with Crippen molar-refractivity contribution in [2.24, 2.45) is 23.7 Å². The smallest absolute Gasteiger partial charge is 0.220 e. The molecule has 4 rings (SSSR count). The Labute approximate surface area is 137 Å². The fourth-order valence-electron chi connectivity index (χ4n) is 4.37. The molecule has 0 radical (unpaired) electrons. The van der Waals surface area contributed by atoms with E-state index in [1.807, 2.05) is 12.1 Å². The minimum atomic E-state index is 0.164. The van der Waals surface area contributed by atoms with Gasteiger partial charge in [-0.1, -0.05) is 0 Å². The second-order valence-electron chi connectivity index (χ2n) is 7.33. The van der Waals surface area contributed by atoms with Gasteiger partial charge in [0.2, 0.25) is 5.91 Å². The number of rotatable bonds is 6. The van der Waals surface area contributed by atoms with Crippen molar-refractivity contribution in [2.75, 3.05) is 32.8 Å². The van der Waals surface area contributed by atoms with Crippen LogP contribution in [-0.4, -0.2) is 43.7 Å². The van der Waals surface area contributed by atoms with E-state index in [-0.39, 0.29) is 5.91 Å². The van der Waals surface area contributed by atoms with Gasteiger partial charge in [0.15, 0.2) is 0 Å². The maximum Gasteiger partial charge on any atom is 0.220 e. The zero-order chi connectivity index (χ0) is 15.6. The molecular formula is C18H26N2O3. The second kappa shape index (κ2) is 6.65. The predicted octanol–water partition coefficient (Wildman–Crippen LogP) is 1.89. The van der Waals surface area contributed by atoms with Crippen LogP contribution in [0.2, 0.25) is 0 Å². The normalized spacial score (nSPS) is 31.0. The van der Waals surface area contributed by atoms with Gasteiger partial charge in [0.1, 0.15) is 5.76 Å². The van der Waals surface area contributed by atoms with Crippen LogP contribution in [0.15, 0.2) is 22.8 Å². The molecule has 3 aliphatic rings. The number of carbonyl (C=O) groups is 1. The highest BCUT2D eigenvalue weighted by Gasteiger charge is 2.55. The zero-order valence-electron chi connectivity index (χ0n) is 13.6. The van der Waals surface area contributed by atoms with Gasteiger partial charge in [0.25, 0.3) is 0 Å². The monoisotopic (exact) mass is 318 g/mol. The number of ether oxygens (including phenoxy) is 1. The molecule has 0 bridgehead atoms. The molecule has 1 aliphatic carbocycles. The lowest BCUT2D eigenvalue weighted by atomic mass is 9.99. The summed E-state index contributed by atoms with van der Waals surface area (Å²) in [6.45, 7) is 5.99. The molecular weight excluding hydrogens is 292 g/mol. The summed E-state index contributed by atoms with van der Waals surface area (Å²) in [7, 11) is 0. The van der Waals surface area contributed by atoms with Gasteiger partial charge in [-0.3, -0.25) is 4.79 Å². The topological polar surface area (TPSA) is 54.7 Å². The van der Waals surface area contributed by atoms with Crippen LogP contribution in [0, 0.1) is 23.7 Å². The number of nitrogens with one attached hydrogen (secondary N) is 1. The lowest BCUT2D eigenvalue weighted by Crippen LogP contribution is -2.33. The molecule has 1 N–H and O–H groups in total. The molecule has 1 unspecified atom stereocenters. The summed E-state index contributed by atoms with van der Waals surface area (Å²) >= 11 is 0. The summed E-state index contributed by atoms with van der Waals surface area (Å²) in [5.74, 6) is 3.91. The number of furan rings is 1. The van der Waals surface area contributed by atoms with E-state index in [0.717, 1.165) is 36.7 Å². The number of hydrogen-bond donors (Lipinski definition) is 1. The molecule has 3 heterocycles. The summed E-state index contributed by atoms with van der Waals surface area (Å²) < 4.78 is 10.7. The van der Waals surface area contributed by atoms with Gasteiger partial charge >= 0.3 is 0 Å². The van der Waals surface area contributed by atoms with E-state index in [1.54, 1.807) is 6.26 Å². The van der Waals surface area contributed by atoms with Crippen LogP contribution in [0.4, 0.5) is 0 Å². The Bertz CT molecular complexity index is 512. The van der Waals surface area contributed by atoms with Crippen LogP contribution < -0.4 is 5.32 Å². The minimum absolute atomic E-state index is 0.164. The third-order valence-corrected chi connectivity index (χ3v) is 5.77. The maximum atomic E-state index is 12.0. The molecule has 1 amide bonds. The lowest BCUT2D eigenvalue weighted by Gasteiger charge is -2.28. The van der Waals surface area contributed by atoms with Gasteiger partial charge in [-0.2, -0.15) is 0 Å². The Morgan fingerprint density at radius 3 is 2.74 bits per heavy atom. The average molecular weight is 318 g/mol. The first-order chi connectivity index (χ1) is 11.3. The minimum Gasteiger partial charge on any atom is -0.467 e. The number of nitrogens with zero attached hydrogens (tertiary/aromatic N) is 1. The molecule has 1 aromatic heterocycles. The summed E-state index contributed by atoms with van der Waals surface area (Å²) in [6, 6.07) is 3.74. The summed E-state index contributed by atoms with van der Waals surface area (Å²) in [5, 5.41) is 2.96. The van der Waals surface area contributed by atoms with Crippen molar-refractivity contribution in [1.29, 1.82) is 0 Å². The number of fused-ring (bicyclic) bond motifs is 1. The van der Waals surface area contributed by atoms with Crippen molar-refractivity contribution in [2.45, 2.75) is 25.8 Å². The highest BCUT2D eigenvalue weighted by atomic mass is 16.5. The fourth-order valence-corrected chi connectivity index (χ4v) is 4.37. The number of piperidine rings is 1. The molecule has 3 fully saturated rings. The van der Waals surface area contributed by atoms with Crippen molar-refractivity contribution < 1.29 is 13.9 Å². The molecule has 5 heteroatoms. The van der Waals surface area contributed by atoms with Gasteiger partial charge in [-0.25, -0.2) is 0 Å². The lowest BCUT2D eigenvalue weighted by molar-refractivity contribution is -0.121. The third-order valence-electron chi connectivity index (χ3n) is 5.77. The van der Waals surface area contributed by atoms with Crippen molar-refractivity contribution in [3.63, 3.8) is 0 Å². The fraction of sp³-hybridized carbons (Fsp3) is 0.722. The van der Waals surface area contributed by atoms with E-state index in [1.165, 1.54) is 32.5 Å². The SMILES string of the molecule is O=C(CC1[C@H]2CN(CC3CCOCC3)C[C@@H]12)NCc1ccco1. The van der Waals surface area contributed by atoms with Crippen molar-refractivity contribution in [3.05, 3.63) is 24.2 Å². The first-order valence-corrected chi connectivity index (χ1v) is 8.89. The maximum absolute atomic E-state index is 12.0. The summed E-state index contributed by atoms with van der Waals surface area (Å²) in [6.07, 6.45) is 4.75. The quantitative estimate of drug-likeness (QED) is 0.870. The van der Waals surface area contributed by atoms with E-state index in [9.17, 15) is 4.79 Å². The second-order valence-corrected chi connectivity index (χ2v) is 7.33. The predicted molar refractivity (Wildman–Crippen MR) is 85.6 cm³/mol. The van der Waals surface area contributed by atoms with Crippen LogP contribution in [0.3, 0.4) is 0 Å². The van der Waals surface area contributed by atoms with Gasteiger partial charge in [-0.05, 0) is 48.6 Å². The number of amides is 1. The summed E-state index contributed by atoms with van der Waals surface area (Å²) in [4.78, 5) is 14.7. The Morgan fingerprint density at radius 1 is 1.26 bits per heavy atom. The highest BCUT2D eigenvalue weighted by Crippen LogP contribution is 2.53. The molecule has 126 valence electrons. The van der Waals surface area contributed by atoms with Crippen LogP contribution in [0.1, 0.15) is 25.0 Å². The number of carbonyl (C=O) groups excluding carboxylic acids is 1. The molecule has 5 nitrogen and oxygen atoms in total. The molecule has 23 heavy (non-hydrogen) atoms. The van der Waals surface area contributed by atoms with Gasteiger partial charge in [0.05, 0.1) is 12.8 Å². The van der Waals surface area contributed by atoms with Crippen LogP contribution in [0.25, 0.3) is 0 Å². The van der Waals surface area contributed by atoms with Crippen LogP contribution >= 0.6 is 0 Å². The number of likely N-dealkylation sites (tertiary alicyclic amines) is 1. The van der Waals surface area contributed by atoms with E-state index in [0.29, 0.717) is 18.9 Å². The Hall–Kier alpha value is -1.33. The van der Waals surface area contributed by atoms with Gasteiger partial charge in [-0.15, -0.1) is 0 Å². The third kappa shape index (κ3) is 3.61. The first kappa shape index (κ1) is 15.2. The van der Waals surface area contributed by atoms with E-state index in [4.69, 9.17) is 9.15 Å². The van der Waals surface area contributed by atoms with E-state index >= 15 is 0 Å². The molecule has 3 atom stereocenters. The van der Waals surface area contributed by atoms with Crippen LogP contribution in [-0.2, 0) is 16.1 Å². The average Bonchev–Trinajstić information content (AvgIpc) is 2.99. The van der Waals surface area contributed by atoms with Crippen LogP contribution in [0.5, 0.6) is 0 Å². The Balaban J connectivity index is 1.15. The van der Waals surface area contributed by atoms with Crippen molar-refractivity contribution in [1.82, 2.24) is 10.2 Å². The largest absolute Gasteiger partial charge is 0.467 e. The van der Waals surface area contributed by atoms with Crippen molar-refractivity contribution in [3.8, 4) is 0 Å². The van der Waals surface area contributed by atoms with Crippen molar-refractivity contribution >= 4 is 5.91 Å². The molecule has 1 saturated carbocycles. The van der Waals surface area contributed by atoms with E-state index < -0.39 is 0 Å². The number of hydrogen-bond acceptors (Lipinski definition) is 4. The molecule has 2 saturated heterocycles. The standard InChI is InChI=1S/C18H26N2O3/c21-18(19-9-14-2-1-5-23-14)8-15-16-11-20(12-17(15)16)10-13-3-6-22-7-4-13/h1-2,5,13,15-17H,3-4,6-12H2,(H,19,21)/t15?,16-,17+. The molecule has 0 aromatic carbocycles. The Kier molecular flexibility index (Phi) is 4.40. The summed E-state index contributed by atoms with van der Waals surface area (Å²) in [5.41, 5.74) is 0. The van der Waals surface area contributed by atoms with E-state index in [2.05, 4.69) is 10.2 Å². The molecule has 2 aliphatic heterocycles. The van der Waals surface area contributed by atoms with Gasteiger partial charge < -0.3 is 19.4 Å². The molecule has 1 aromatic rings. The highest BCUT2D eigenvalue weighted by molar-refractivity contribution is 5.76.